The van der Waals surface area contributed by atoms with E-state index in [1.807, 2.05) is 30.3 Å². The number of hydrogen-bond donors (Lipinski definition) is 2. The predicted octanol–water partition coefficient (Wildman–Crippen LogP) is 6.80. The largest absolute Gasteiger partial charge is 0.457 e. The molecule has 2 N–H and O–H groups in total. The Hall–Kier alpha value is -3.70. The highest BCUT2D eigenvalue weighted by Gasteiger charge is 2.36. The molecule has 3 aromatic rings. The fraction of sp³-hybridized carbons (Fsp3) is 0.138. The van der Waals surface area contributed by atoms with Gasteiger partial charge in [-0.3, -0.25) is 4.79 Å². The Balaban J connectivity index is 1.60. The van der Waals surface area contributed by atoms with Crippen molar-refractivity contribution in [1.82, 2.24) is 5.32 Å². The second kappa shape index (κ2) is 12.7. The molecule has 1 aliphatic rings. The minimum atomic E-state index is -0.767. The third-order valence-electron chi connectivity index (χ3n) is 5.75. The molecule has 1 amide bonds. The second-order valence-electron chi connectivity index (χ2n) is 8.38. The van der Waals surface area contributed by atoms with Gasteiger partial charge in [0.15, 0.2) is 0 Å². The number of esters is 1. The lowest BCUT2D eigenvalue weighted by Gasteiger charge is -2.29. The molecule has 3 aromatic carbocycles. The third kappa shape index (κ3) is 6.59. The third-order valence-corrected chi connectivity index (χ3v) is 7.35. The quantitative estimate of drug-likeness (QED) is 0.293. The number of nitrogens with zero attached hydrogens (tertiary/aromatic N) is 1. The van der Waals surface area contributed by atoms with Crippen molar-refractivity contribution < 1.29 is 14.3 Å². The number of hydrogen-bond acceptors (Lipinski definition) is 6. The van der Waals surface area contributed by atoms with Gasteiger partial charge in [-0.05, 0) is 42.3 Å². The van der Waals surface area contributed by atoms with E-state index in [0.29, 0.717) is 37.6 Å². The van der Waals surface area contributed by atoms with Gasteiger partial charge in [0.05, 0.1) is 33.9 Å². The Morgan fingerprint density at radius 1 is 1.05 bits per heavy atom. The maximum atomic E-state index is 13.4. The van der Waals surface area contributed by atoms with Crippen LogP contribution in [0.5, 0.6) is 0 Å². The Kier molecular flexibility index (Phi) is 9.14. The summed E-state index contributed by atoms with van der Waals surface area (Å²) in [4.78, 5) is 26.0. The lowest BCUT2D eigenvalue weighted by atomic mass is 9.82. The summed E-state index contributed by atoms with van der Waals surface area (Å²) in [6.07, 6.45) is 0. The van der Waals surface area contributed by atoms with Crippen molar-refractivity contribution >= 4 is 52.5 Å². The van der Waals surface area contributed by atoms with E-state index in [4.69, 9.17) is 27.9 Å². The summed E-state index contributed by atoms with van der Waals surface area (Å²) >= 11 is 13.7. The molecule has 0 fully saturated rings. The molecule has 38 heavy (non-hydrogen) atoms. The highest BCUT2D eigenvalue weighted by Crippen LogP contribution is 2.43. The molecule has 1 heterocycles. The molecule has 9 heteroatoms. The molecule has 0 aromatic heterocycles. The Morgan fingerprint density at radius 3 is 2.50 bits per heavy atom. The molecule has 0 bridgehead atoms. The van der Waals surface area contributed by atoms with Crippen LogP contribution in [0.4, 0.5) is 5.69 Å². The first-order valence-corrected chi connectivity index (χ1v) is 13.4. The summed E-state index contributed by atoms with van der Waals surface area (Å²) in [6.45, 7) is 1.83. The number of amides is 1. The summed E-state index contributed by atoms with van der Waals surface area (Å²) in [5, 5.41) is 17.5. The van der Waals surface area contributed by atoms with Crippen molar-refractivity contribution in [1.29, 1.82) is 5.26 Å². The maximum absolute atomic E-state index is 13.4. The zero-order valence-corrected chi connectivity index (χ0v) is 22.7. The first-order valence-electron chi connectivity index (χ1n) is 11.6. The minimum Gasteiger partial charge on any atom is -0.457 e. The Bertz CT molecular complexity index is 1470. The van der Waals surface area contributed by atoms with Crippen LogP contribution in [0.1, 0.15) is 24.0 Å². The monoisotopic (exact) mass is 563 g/mol. The number of anilines is 1. The van der Waals surface area contributed by atoms with Crippen LogP contribution in [0.2, 0.25) is 10.0 Å². The highest BCUT2D eigenvalue weighted by atomic mass is 35.5. The number of allylic oxidation sites excluding steroid dienone is 2. The lowest BCUT2D eigenvalue weighted by Crippen LogP contribution is -2.29. The summed E-state index contributed by atoms with van der Waals surface area (Å²) in [5.74, 6) is -1.57. The average Bonchev–Trinajstić information content (AvgIpc) is 2.91. The molecule has 192 valence electrons. The number of nitriles is 1. The molecule has 6 nitrogen and oxygen atoms in total. The van der Waals surface area contributed by atoms with Crippen molar-refractivity contribution in [2.24, 2.45) is 0 Å². The van der Waals surface area contributed by atoms with E-state index in [0.717, 1.165) is 5.56 Å². The van der Waals surface area contributed by atoms with Gasteiger partial charge in [0.25, 0.3) is 0 Å². The molecular formula is C29H23Cl2N3O3S. The SMILES string of the molecule is CC1=C(C(=O)OCc2ccccc2)C(c2ccccc2Cl)C(C#N)=C(SCC(=O)Nc2cccc(Cl)c2)N1. The minimum absolute atomic E-state index is 0.0241. The molecule has 1 unspecified atom stereocenters. The molecule has 0 aliphatic carbocycles. The van der Waals surface area contributed by atoms with E-state index >= 15 is 0 Å². The molecule has 4 rings (SSSR count). The number of rotatable bonds is 8. The van der Waals surface area contributed by atoms with Crippen molar-refractivity contribution in [2.45, 2.75) is 19.4 Å². The number of halogens is 2. The number of thioether (sulfide) groups is 1. The van der Waals surface area contributed by atoms with Gasteiger partial charge in [0.2, 0.25) is 5.91 Å². The standard InChI is InChI=1S/C29H23Cl2N3O3S/c1-18-26(29(36)37-16-19-8-3-2-4-9-19)27(22-12-5-6-13-24(22)31)23(15-32)28(33-18)38-17-25(35)34-21-11-7-10-20(30)14-21/h2-14,27,33H,16-17H2,1H3,(H,34,35). The Morgan fingerprint density at radius 2 is 1.79 bits per heavy atom. The van der Waals surface area contributed by atoms with Gasteiger partial charge in [0.1, 0.15) is 6.61 Å². The normalized spacial score (nSPS) is 14.9. The average molecular weight is 564 g/mol. The first kappa shape index (κ1) is 27.3. The van der Waals surface area contributed by atoms with Crippen LogP contribution in [-0.2, 0) is 20.9 Å². The van der Waals surface area contributed by atoms with E-state index in [2.05, 4.69) is 16.7 Å². The summed E-state index contributed by atoms with van der Waals surface area (Å²) in [7, 11) is 0. The van der Waals surface area contributed by atoms with Gasteiger partial charge >= 0.3 is 5.97 Å². The number of benzene rings is 3. The topological polar surface area (TPSA) is 91.2 Å². The van der Waals surface area contributed by atoms with Crippen LogP contribution in [0.3, 0.4) is 0 Å². The van der Waals surface area contributed by atoms with Crippen LogP contribution < -0.4 is 10.6 Å². The van der Waals surface area contributed by atoms with E-state index in [-0.39, 0.29) is 23.8 Å². The van der Waals surface area contributed by atoms with Crippen molar-refractivity contribution in [3.05, 3.63) is 122 Å². The number of dihydropyridines is 1. The number of nitrogens with one attached hydrogen (secondary N) is 2. The second-order valence-corrected chi connectivity index (χ2v) is 10.2. The van der Waals surface area contributed by atoms with E-state index in [1.54, 1.807) is 55.5 Å². The molecular weight excluding hydrogens is 541 g/mol. The van der Waals surface area contributed by atoms with E-state index < -0.39 is 11.9 Å². The van der Waals surface area contributed by atoms with Crippen molar-refractivity contribution in [3.8, 4) is 6.07 Å². The van der Waals surface area contributed by atoms with Crippen LogP contribution in [-0.4, -0.2) is 17.6 Å². The number of ether oxygens (including phenoxy) is 1. The highest BCUT2D eigenvalue weighted by molar-refractivity contribution is 8.03. The van der Waals surface area contributed by atoms with Crippen LogP contribution in [0.25, 0.3) is 0 Å². The van der Waals surface area contributed by atoms with E-state index in [9.17, 15) is 14.9 Å². The van der Waals surface area contributed by atoms with Gasteiger partial charge in [-0.1, -0.05) is 89.6 Å². The van der Waals surface area contributed by atoms with Crippen LogP contribution in [0.15, 0.2) is 101 Å². The molecule has 0 radical (unpaired) electrons. The fourth-order valence-corrected chi connectivity index (χ4v) is 5.35. The van der Waals surface area contributed by atoms with Gasteiger partial charge in [-0.25, -0.2) is 4.79 Å². The van der Waals surface area contributed by atoms with Crippen molar-refractivity contribution in [3.63, 3.8) is 0 Å². The van der Waals surface area contributed by atoms with Crippen LogP contribution >= 0.6 is 35.0 Å². The maximum Gasteiger partial charge on any atom is 0.337 e. The van der Waals surface area contributed by atoms with Gasteiger partial charge in [-0.2, -0.15) is 5.26 Å². The van der Waals surface area contributed by atoms with E-state index in [1.165, 1.54) is 11.8 Å². The van der Waals surface area contributed by atoms with Gasteiger partial charge in [0, 0.05) is 21.4 Å². The molecule has 1 aliphatic heterocycles. The van der Waals surface area contributed by atoms with Crippen molar-refractivity contribution in [2.75, 3.05) is 11.1 Å². The summed E-state index contributed by atoms with van der Waals surface area (Å²) in [5.41, 5.74) is 3.09. The summed E-state index contributed by atoms with van der Waals surface area (Å²) < 4.78 is 5.64. The predicted molar refractivity (Wildman–Crippen MR) is 151 cm³/mol. The van der Waals surface area contributed by atoms with Crippen LogP contribution in [0, 0.1) is 11.3 Å². The zero-order valence-electron chi connectivity index (χ0n) is 20.3. The zero-order chi connectivity index (χ0) is 27.1. The van der Waals surface area contributed by atoms with Gasteiger partial charge < -0.3 is 15.4 Å². The Labute approximate surface area is 235 Å². The molecule has 0 saturated heterocycles. The number of carbonyl (C=O) groups is 2. The summed E-state index contributed by atoms with van der Waals surface area (Å²) in [6, 6.07) is 25.5. The number of carbonyl (C=O) groups excluding carboxylic acids is 2. The smallest absolute Gasteiger partial charge is 0.337 e. The molecule has 0 saturated carbocycles. The lowest BCUT2D eigenvalue weighted by molar-refractivity contribution is -0.140. The first-order chi connectivity index (χ1) is 18.4. The van der Waals surface area contributed by atoms with Gasteiger partial charge in [-0.15, -0.1) is 0 Å². The molecule has 1 atom stereocenters. The molecule has 0 spiro atoms. The fourth-order valence-electron chi connectivity index (χ4n) is 4.02.